The summed E-state index contributed by atoms with van der Waals surface area (Å²) in [6.45, 7) is 3.34. The second kappa shape index (κ2) is 5.34. The lowest BCUT2D eigenvalue weighted by Gasteiger charge is -2.33. The average Bonchev–Trinajstić information content (AvgIpc) is 2.38. The van der Waals surface area contributed by atoms with Crippen LogP contribution in [0.2, 0.25) is 0 Å². The number of rotatable bonds is 4. The second-order valence-electron chi connectivity index (χ2n) is 5.17. The maximum absolute atomic E-state index is 5.08. The lowest BCUT2D eigenvalue weighted by atomic mass is 9.76. The first kappa shape index (κ1) is 12.1. The van der Waals surface area contributed by atoms with Crippen molar-refractivity contribution in [1.29, 1.82) is 0 Å². The molecule has 94 valence electrons. The molecular weight excluding hydrogens is 214 g/mol. The van der Waals surface area contributed by atoms with Gasteiger partial charge in [0.15, 0.2) is 0 Å². The number of hydrogen-bond acceptors (Lipinski definition) is 4. The molecule has 0 spiro atoms. The van der Waals surface area contributed by atoms with Crippen LogP contribution in [0.15, 0.2) is 12.4 Å². The van der Waals surface area contributed by atoms with Crippen molar-refractivity contribution in [3.8, 4) is 5.88 Å². The Balaban J connectivity index is 1.92. The number of anilines is 1. The summed E-state index contributed by atoms with van der Waals surface area (Å²) in [7, 11) is 1.62. The minimum absolute atomic E-state index is 0.413. The van der Waals surface area contributed by atoms with Crippen LogP contribution in [0.25, 0.3) is 0 Å². The fourth-order valence-corrected chi connectivity index (χ4v) is 2.43. The maximum Gasteiger partial charge on any atom is 0.218 e. The Morgan fingerprint density at radius 2 is 2.06 bits per heavy atom. The Morgan fingerprint density at radius 3 is 2.76 bits per heavy atom. The van der Waals surface area contributed by atoms with Gasteiger partial charge in [-0.1, -0.05) is 26.2 Å². The summed E-state index contributed by atoms with van der Waals surface area (Å²) >= 11 is 0. The summed E-state index contributed by atoms with van der Waals surface area (Å²) in [5.74, 6) is 1.46. The van der Waals surface area contributed by atoms with Gasteiger partial charge < -0.3 is 10.1 Å². The van der Waals surface area contributed by atoms with Crippen LogP contribution in [0.1, 0.15) is 39.0 Å². The summed E-state index contributed by atoms with van der Waals surface area (Å²) in [6.07, 6.45) is 8.24. The molecule has 0 amide bonds. The molecule has 0 saturated heterocycles. The molecule has 1 heterocycles. The highest BCUT2D eigenvalue weighted by Gasteiger charge is 2.26. The van der Waals surface area contributed by atoms with E-state index in [9.17, 15) is 0 Å². The van der Waals surface area contributed by atoms with Crippen molar-refractivity contribution in [3.05, 3.63) is 12.4 Å². The van der Waals surface area contributed by atoms with E-state index in [1.165, 1.54) is 38.4 Å². The first-order valence-corrected chi connectivity index (χ1v) is 6.32. The Bertz CT molecular complexity index is 361. The summed E-state index contributed by atoms with van der Waals surface area (Å²) in [6, 6.07) is 1.84. The smallest absolute Gasteiger partial charge is 0.218 e. The standard InChI is InChI=1S/C13H21N3O/c1-13(6-4-3-5-7-13)9-14-11-8-12(17-2)16-10-15-11/h8,10H,3-7,9H2,1-2H3,(H,14,15,16). The van der Waals surface area contributed by atoms with E-state index < -0.39 is 0 Å². The van der Waals surface area contributed by atoms with Crippen molar-refractivity contribution in [2.75, 3.05) is 19.0 Å². The van der Waals surface area contributed by atoms with Gasteiger partial charge in [0.2, 0.25) is 5.88 Å². The highest BCUT2D eigenvalue weighted by molar-refractivity contribution is 5.37. The molecular formula is C13H21N3O. The van der Waals surface area contributed by atoms with E-state index >= 15 is 0 Å². The van der Waals surface area contributed by atoms with Gasteiger partial charge in [0.1, 0.15) is 12.1 Å². The number of nitrogens with one attached hydrogen (secondary N) is 1. The molecule has 0 atom stereocenters. The molecule has 1 aliphatic carbocycles. The van der Waals surface area contributed by atoms with E-state index in [1.807, 2.05) is 6.07 Å². The highest BCUT2D eigenvalue weighted by atomic mass is 16.5. The lowest BCUT2D eigenvalue weighted by molar-refractivity contribution is 0.233. The molecule has 1 aromatic rings. The van der Waals surface area contributed by atoms with Crippen LogP contribution in [0.4, 0.5) is 5.82 Å². The van der Waals surface area contributed by atoms with Crippen molar-refractivity contribution >= 4 is 5.82 Å². The third-order valence-electron chi connectivity index (χ3n) is 3.61. The van der Waals surface area contributed by atoms with E-state index in [-0.39, 0.29) is 0 Å². The Labute approximate surface area is 103 Å². The summed E-state index contributed by atoms with van der Waals surface area (Å²) in [5.41, 5.74) is 0.413. The SMILES string of the molecule is COc1cc(NCC2(C)CCCCC2)ncn1. The van der Waals surface area contributed by atoms with Gasteiger partial charge in [0, 0.05) is 12.6 Å². The van der Waals surface area contributed by atoms with Crippen LogP contribution >= 0.6 is 0 Å². The number of aromatic nitrogens is 2. The molecule has 1 fully saturated rings. The van der Waals surface area contributed by atoms with E-state index in [4.69, 9.17) is 4.74 Å². The van der Waals surface area contributed by atoms with E-state index in [0.29, 0.717) is 11.3 Å². The molecule has 1 aliphatic rings. The number of methoxy groups -OCH3 is 1. The van der Waals surface area contributed by atoms with Gasteiger partial charge in [-0.15, -0.1) is 0 Å². The van der Waals surface area contributed by atoms with E-state index in [2.05, 4.69) is 22.2 Å². The van der Waals surface area contributed by atoms with Crippen LogP contribution in [0.5, 0.6) is 5.88 Å². The molecule has 0 aromatic carbocycles. The molecule has 2 rings (SSSR count). The van der Waals surface area contributed by atoms with Gasteiger partial charge in [-0.05, 0) is 18.3 Å². The van der Waals surface area contributed by atoms with Gasteiger partial charge in [0.25, 0.3) is 0 Å². The predicted octanol–water partition coefficient (Wildman–Crippen LogP) is 2.87. The third kappa shape index (κ3) is 3.32. The topological polar surface area (TPSA) is 47.0 Å². The fourth-order valence-electron chi connectivity index (χ4n) is 2.43. The molecule has 1 N–H and O–H groups in total. The molecule has 1 aromatic heterocycles. The molecule has 0 unspecified atom stereocenters. The monoisotopic (exact) mass is 235 g/mol. The number of nitrogens with zero attached hydrogens (tertiary/aromatic N) is 2. The van der Waals surface area contributed by atoms with Crippen LogP contribution in [-0.2, 0) is 0 Å². The molecule has 1 saturated carbocycles. The lowest BCUT2D eigenvalue weighted by Crippen LogP contribution is -2.29. The van der Waals surface area contributed by atoms with Crippen molar-refractivity contribution in [2.24, 2.45) is 5.41 Å². The summed E-state index contributed by atoms with van der Waals surface area (Å²) in [4.78, 5) is 8.20. The molecule has 0 aliphatic heterocycles. The van der Waals surface area contributed by atoms with Crippen molar-refractivity contribution in [1.82, 2.24) is 9.97 Å². The van der Waals surface area contributed by atoms with Gasteiger partial charge in [-0.2, -0.15) is 0 Å². The van der Waals surface area contributed by atoms with Gasteiger partial charge in [0.05, 0.1) is 7.11 Å². The Hall–Kier alpha value is -1.32. The van der Waals surface area contributed by atoms with Gasteiger partial charge in [-0.3, -0.25) is 0 Å². The first-order chi connectivity index (χ1) is 8.22. The molecule has 0 radical (unpaired) electrons. The zero-order valence-corrected chi connectivity index (χ0v) is 10.7. The van der Waals surface area contributed by atoms with E-state index in [0.717, 1.165) is 12.4 Å². The normalized spacial score (nSPS) is 18.7. The third-order valence-corrected chi connectivity index (χ3v) is 3.61. The molecule has 4 nitrogen and oxygen atoms in total. The van der Waals surface area contributed by atoms with Crippen LogP contribution < -0.4 is 10.1 Å². The predicted molar refractivity (Wildman–Crippen MR) is 68.3 cm³/mol. The van der Waals surface area contributed by atoms with Crippen LogP contribution in [0.3, 0.4) is 0 Å². The van der Waals surface area contributed by atoms with Gasteiger partial charge in [-0.25, -0.2) is 9.97 Å². The zero-order chi connectivity index (χ0) is 12.1. The Morgan fingerprint density at radius 1 is 1.29 bits per heavy atom. The average molecular weight is 235 g/mol. The molecule has 17 heavy (non-hydrogen) atoms. The fraction of sp³-hybridized carbons (Fsp3) is 0.692. The first-order valence-electron chi connectivity index (χ1n) is 6.32. The zero-order valence-electron chi connectivity index (χ0n) is 10.7. The van der Waals surface area contributed by atoms with Crippen molar-refractivity contribution in [3.63, 3.8) is 0 Å². The summed E-state index contributed by atoms with van der Waals surface area (Å²) < 4.78 is 5.08. The quantitative estimate of drug-likeness (QED) is 0.871. The molecule has 0 bridgehead atoms. The Kier molecular flexibility index (Phi) is 3.82. The molecule has 4 heteroatoms. The van der Waals surface area contributed by atoms with E-state index in [1.54, 1.807) is 7.11 Å². The summed E-state index contributed by atoms with van der Waals surface area (Å²) in [5, 5.41) is 3.40. The van der Waals surface area contributed by atoms with Gasteiger partial charge >= 0.3 is 0 Å². The van der Waals surface area contributed by atoms with Crippen LogP contribution in [-0.4, -0.2) is 23.6 Å². The van der Waals surface area contributed by atoms with Crippen molar-refractivity contribution < 1.29 is 4.74 Å². The van der Waals surface area contributed by atoms with Crippen LogP contribution in [0, 0.1) is 5.41 Å². The highest BCUT2D eigenvalue weighted by Crippen LogP contribution is 2.35. The number of hydrogen-bond donors (Lipinski definition) is 1. The minimum Gasteiger partial charge on any atom is -0.481 e. The largest absolute Gasteiger partial charge is 0.481 e. The second-order valence-corrected chi connectivity index (χ2v) is 5.17. The minimum atomic E-state index is 0.413. The van der Waals surface area contributed by atoms with Crippen molar-refractivity contribution in [2.45, 2.75) is 39.0 Å². The maximum atomic E-state index is 5.08. The number of ether oxygens (including phenoxy) is 1.